The minimum Gasteiger partial charge on any atom is -0.493 e. The summed E-state index contributed by atoms with van der Waals surface area (Å²) in [6.07, 6.45) is 2.01. The second-order valence-corrected chi connectivity index (χ2v) is 5.94. The molecule has 26 heavy (non-hydrogen) atoms. The van der Waals surface area contributed by atoms with Gasteiger partial charge < -0.3 is 19.4 Å². The molecule has 132 valence electrons. The van der Waals surface area contributed by atoms with Crippen LogP contribution >= 0.6 is 0 Å². The standard InChI is InChI=1S/C20H19N3O3/c1-25-18-10-9-14(12-19(18)26-2)21-20(24)23-13-15-6-5-11-22(15)16-7-3-4-8-17(16)23/h3-12H,13H2,1-2H3,(H,21,24). The molecule has 4 rings (SSSR count). The average molecular weight is 349 g/mol. The second kappa shape index (κ2) is 6.48. The van der Waals surface area contributed by atoms with Crippen LogP contribution in [0, 0.1) is 0 Å². The number of urea groups is 1. The highest BCUT2D eigenvalue weighted by atomic mass is 16.5. The molecule has 0 fully saturated rings. The van der Waals surface area contributed by atoms with E-state index >= 15 is 0 Å². The van der Waals surface area contributed by atoms with E-state index < -0.39 is 0 Å². The summed E-state index contributed by atoms with van der Waals surface area (Å²) in [4.78, 5) is 14.7. The molecule has 1 aromatic heterocycles. The number of nitrogens with zero attached hydrogens (tertiary/aromatic N) is 2. The molecule has 2 heterocycles. The van der Waals surface area contributed by atoms with Crippen LogP contribution < -0.4 is 19.7 Å². The lowest BCUT2D eigenvalue weighted by Gasteiger charge is -2.31. The van der Waals surface area contributed by atoms with E-state index in [9.17, 15) is 4.79 Å². The third-order valence-electron chi connectivity index (χ3n) is 4.47. The summed E-state index contributed by atoms with van der Waals surface area (Å²) in [6, 6.07) is 17.0. The minimum absolute atomic E-state index is 0.197. The first kappa shape index (κ1) is 16.1. The van der Waals surface area contributed by atoms with Crippen molar-refractivity contribution in [1.82, 2.24) is 4.57 Å². The van der Waals surface area contributed by atoms with Crippen LogP contribution in [-0.2, 0) is 6.54 Å². The van der Waals surface area contributed by atoms with E-state index in [-0.39, 0.29) is 6.03 Å². The molecule has 0 saturated carbocycles. The maximum Gasteiger partial charge on any atom is 0.326 e. The summed E-state index contributed by atoms with van der Waals surface area (Å²) < 4.78 is 12.6. The van der Waals surface area contributed by atoms with Gasteiger partial charge in [0.05, 0.1) is 32.1 Å². The highest BCUT2D eigenvalue weighted by molar-refractivity contribution is 6.03. The Morgan fingerprint density at radius 2 is 1.73 bits per heavy atom. The maximum atomic E-state index is 12.9. The number of amides is 2. The summed E-state index contributed by atoms with van der Waals surface area (Å²) in [5, 5.41) is 2.94. The monoisotopic (exact) mass is 349 g/mol. The summed E-state index contributed by atoms with van der Waals surface area (Å²) in [7, 11) is 3.15. The lowest BCUT2D eigenvalue weighted by Crippen LogP contribution is -2.38. The molecule has 1 N–H and O–H groups in total. The summed E-state index contributed by atoms with van der Waals surface area (Å²) in [5.41, 5.74) is 3.56. The number of methoxy groups -OCH3 is 2. The first-order valence-corrected chi connectivity index (χ1v) is 8.27. The Labute approximate surface area is 151 Å². The molecule has 1 aliphatic rings. The number of aromatic nitrogens is 1. The van der Waals surface area contributed by atoms with Gasteiger partial charge in [0, 0.05) is 23.6 Å². The molecule has 6 nitrogen and oxygen atoms in total. The fraction of sp³-hybridized carbons (Fsp3) is 0.150. The fourth-order valence-corrected chi connectivity index (χ4v) is 3.21. The molecule has 3 aromatic rings. The van der Waals surface area contributed by atoms with Gasteiger partial charge in [-0.15, -0.1) is 0 Å². The number of anilines is 2. The Kier molecular flexibility index (Phi) is 4.01. The summed E-state index contributed by atoms with van der Waals surface area (Å²) in [6.45, 7) is 0.503. The predicted molar refractivity (Wildman–Crippen MR) is 101 cm³/mol. The Balaban J connectivity index is 1.63. The number of carbonyl (C=O) groups excluding carboxylic acids is 1. The number of nitrogens with one attached hydrogen (secondary N) is 1. The fourth-order valence-electron chi connectivity index (χ4n) is 3.21. The van der Waals surface area contributed by atoms with Crippen molar-refractivity contribution in [3.8, 4) is 17.2 Å². The second-order valence-electron chi connectivity index (χ2n) is 5.94. The van der Waals surface area contributed by atoms with E-state index in [0.29, 0.717) is 23.7 Å². The Hall–Kier alpha value is -3.41. The molecule has 2 amide bonds. The van der Waals surface area contributed by atoms with E-state index in [4.69, 9.17) is 9.47 Å². The van der Waals surface area contributed by atoms with Crippen LogP contribution in [0.5, 0.6) is 11.5 Å². The van der Waals surface area contributed by atoms with Crippen molar-refractivity contribution in [3.63, 3.8) is 0 Å². The van der Waals surface area contributed by atoms with E-state index in [2.05, 4.69) is 9.88 Å². The zero-order valence-electron chi connectivity index (χ0n) is 14.6. The first-order chi connectivity index (χ1) is 12.7. The van der Waals surface area contributed by atoms with Crippen molar-refractivity contribution in [1.29, 1.82) is 0 Å². The predicted octanol–water partition coefficient (Wildman–Crippen LogP) is 4.05. The van der Waals surface area contributed by atoms with Crippen LogP contribution in [-0.4, -0.2) is 24.8 Å². The normalized spacial score (nSPS) is 12.2. The van der Waals surface area contributed by atoms with Crippen molar-refractivity contribution >= 4 is 17.4 Å². The number of hydrogen-bond acceptors (Lipinski definition) is 3. The molecule has 0 spiro atoms. The van der Waals surface area contributed by atoms with Crippen LogP contribution in [0.25, 0.3) is 5.69 Å². The van der Waals surface area contributed by atoms with Gasteiger partial charge in [-0.2, -0.15) is 0 Å². The molecule has 0 unspecified atom stereocenters. The maximum absolute atomic E-state index is 12.9. The molecule has 0 saturated heterocycles. The zero-order valence-corrected chi connectivity index (χ0v) is 14.6. The van der Waals surface area contributed by atoms with E-state index in [0.717, 1.165) is 17.1 Å². The lowest BCUT2D eigenvalue weighted by molar-refractivity contribution is 0.256. The number of hydrogen-bond donors (Lipinski definition) is 1. The summed E-state index contributed by atoms with van der Waals surface area (Å²) in [5.74, 6) is 1.19. The number of ether oxygens (including phenoxy) is 2. The molecular weight excluding hydrogens is 330 g/mol. The Morgan fingerprint density at radius 1 is 0.962 bits per heavy atom. The zero-order chi connectivity index (χ0) is 18.1. The van der Waals surface area contributed by atoms with Gasteiger partial charge in [-0.1, -0.05) is 12.1 Å². The molecular formula is C20H19N3O3. The van der Waals surface area contributed by atoms with Crippen LogP contribution in [0.1, 0.15) is 5.69 Å². The minimum atomic E-state index is -0.197. The molecule has 2 aromatic carbocycles. The van der Waals surface area contributed by atoms with Crippen LogP contribution in [0.2, 0.25) is 0 Å². The average Bonchev–Trinajstić information content (AvgIpc) is 3.16. The molecule has 6 heteroatoms. The van der Waals surface area contributed by atoms with E-state index in [1.807, 2.05) is 42.6 Å². The molecule has 0 bridgehead atoms. The van der Waals surface area contributed by atoms with Crippen LogP contribution in [0.4, 0.5) is 16.2 Å². The molecule has 0 atom stereocenters. The molecule has 1 aliphatic heterocycles. The van der Waals surface area contributed by atoms with Crippen molar-refractivity contribution in [2.75, 3.05) is 24.4 Å². The highest BCUT2D eigenvalue weighted by Gasteiger charge is 2.26. The number of benzene rings is 2. The number of carbonyl (C=O) groups is 1. The van der Waals surface area contributed by atoms with E-state index in [1.165, 1.54) is 0 Å². The van der Waals surface area contributed by atoms with Gasteiger partial charge in [0.15, 0.2) is 11.5 Å². The van der Waals surface area contributed by atoms with Crippen LogP contribution in [0.15, 0.2) is 60.8 Å². The summed E-state index contributed by atoms with van der Waals surface area (Å²) >= 11 is 0. The SMILES string of the molecule is COc1ccc(NC(=O)N2Cc3cccn3-c3ccccc32)cc1OC. The van der Waals surface area contributed by atoms with Gasteiger partial charge in [0.2, 0.25) is 0 Å². The number of fused-ring (bicyclic) bond motifs is 3. The third-order valence-corrected chi connectivity index (χ3v) is 4.47. The number of rotatable bonds is 3. The lowest BCUT2D eigenvalue weighted by atomic mass is 10.2. The first-order valence-electron chi connectivity index (χ1n) is 8.27. The van der Waals surface area contributed by atoms with Gasteiger partial charge in [-0.25, -0.2) is 4.79 Å². The quantitative estimate of drug-likeness (QED) is 0.776. The van der Waals surface area contributed by atoms with Gasteiger partial charge in [0.1, 0.15) is 0 Å². The molecule has 0 aliphatic carbocycles. The van der Waals surface area contributed by atoms with Gasteiger partial charge >= 0.3 is 6.03 Å². The smallest absolute Gasteiger partial charge is 0.326 e. The van der Waals surface area contributed by atoms with Crippen molar-refractivity contribution in [3.05, 3.63) is 66.5 Å². The van der Waals surface area contributed by atoms with E-state index in [1.54, 1.807) is 37.3 Å². The van der Waals surface area contributed by atoms with Gasteiger partial charge in [-0.3, -0.25) is 4.90 Å². The Bertz CT molecular complexity index is 964. The topological polar surface area (TPSA) is 55.7 Å². The molecule has 0 radical (unpaired) electrons. The van der Waals surface area contributed by atoms with Gasteiger partial charge in [-0.05, 0) is 36.4 Å². The van der Waals surface area contributed by atoms with Crippen molar-refractivity contribution in [2.45, 2.75) is 6.54 Å². The third kappa shape index (κ3) is 2.65. The van der Waals surface area contributed by atoms with Gasteiger partial charge in [0.25, 0.3) is 0 Å². The Morgan fingerprint density at radius 3 is 2.50 bits per heavy atom. The number of para-hydroxylation sites is 2. The highest BCUT2D eigenvalue weighted by Crippen LogP contribution is 2.33. The largest absolute Gasteiger partial charge is 0.493 e. The van der Waals surface area contributed by atoms with Crippen molar-refractivity contribution < 1.29 is 14.3 Å². The van der Waals surface area contributed by atoms with Crippen molar-refractivity contribution in [2.24, 2.45) is 0 Å². The van der Waals surface area contributed by atoms with Crippen LogP contribution in [0.3, 0.4) is 0 Å².